The number of furan rings is 1. The molecule has 3 aromatic rings. The summed E-state index contributed by atoms with van der Waals surface area (Å²) in [4.78, 5) is 0. The highest BCUT2D eigenvalue weighted by Gasteiger charge is 2.10. The minimum atomic E-state index is -0.0887. The van der Waals surface area contributed by atoms with Crippen molar-refractivity contribution < 1.29 is 14.3 Å². The first-order valence-electron chi connectivity index (χ1n) is 6.57. The van der Waals surface area contributed by atoms with E-state index in [9.17, 15) is 5.11 Å². The van der Waals surface area contributed by atoms with E-state index < -0.39 is 0 Å². The molecule has 0 aliphatic rings. The number of aryl methyl sites for hydroxylation is 1. The van der Waals surface area contributed by atoms with E-state index in [0.717, 1.165) is 27.8 Å². The number of ether oxygens (including phenoxy) is 1. The molecule has 3 nitrogen and oxygen atoms in total. The molecule has 0 aliphatic carbocycles. The van der Waals surface area contributed by atoms with Crippen molar-refractivity contribution >= 4 is 10.8 Å². The summed E-state index contributed by atoms with van der Waals surface area (Å²) in [7, 11) is 0. The normalized spacial score (nSPS) is 10.9. The van der Waals surface area contributed by atoms with Crippen LogP contribution in [0, 0.1) is 6.92 Å². The lowest BCUT2D eigenvalue weighted by atomic mass is 10.1. The standard InChI is InChI=1S/C17H16O3/c1-12-16-9-14(7-8-15(16)17(10-18)20-12)19-11-13-5-3-2-4-6-13/h2-9,18H,10-11H2,1H3. The van der Waals surface area contributed by atoms with Crippen LogP contribution < -0.4 is 4.74 Å². The molecule has 0 unspecified atom stereocenters. The maximum absolute atomic E-state index is 9.25. The Hall–Kier alpha value is -2.26. The van der Waals surface area contributed by atoms with Crippen molar-refractivity contribution in [2.45, 2.75) is 20.1 Å². The average Bonchev–Trinajstić information content (AvgIpc) is 2.82. The van der Waals surface area contributed by atoms with Crippen molar-refractivity contribution in [1.82, 2.24) is 0 Å². The van der Waals surface area contributed by atoms with Gasteiger partial charge in [0.15, 0.2) is 0 Å². The van der Waals surface area contributed by atoms with E-state index in [0.29, 0.717) is 12.4 Å². The number of aliphatic hydroxyl groups excluding tert-OH is 1. The van der Waals surface area contributed by atoms with Gasteiger partial charge in [0, 0.05) is 10.8 Å². The zero-order valence-electron chi connectivity index (χ0n) is 11.3. The molecule has 2 aromatic carbocycles. The lowest BCUT2D eigenvalue weighted by molar-refractivity contribution is 0.247. The van der Waals surface area contributed by atoms with Crippen LogP contribution in [0.15, 0.2) is 52.9 Å². The van der Waals surface area contributed by atoms with Crippen LogP contribution in [0.5, 0.6) is 5.75 Å². The Kier molecular flexibility index (Phi) is 3.44. The smallest absolute Gasteiger partial charge is 0.137 e. The van der Waals surface area contributed by atoms with Gasteiger partial charge in [-0.3, -0.25) is 0 Å². The van der Waals surface area contributed by atoms with Gasteiger partial charge >= 0.3 is 0 Å². The van der Waals surface area contributed by atoms with Gasteiger partial charge in [0.25, 0.3) is 0 Å². The van der Waals surface area contributed by atoms with Crippen molar-refractivity contribution in [3.05, 3.63) is 65.6 Å². The molecule has 3 heteroatoms. The Balaban J connectivity index is 1.84. The van der Waals surface area contributed by atoms with Gasteiger partial charge in [0.05, 0.1) is 0 Å². The monoisotopic (exact) mass is 268 g/mol. The molecule has 0 atom stereocenters. The molecular formula is C17H16O3. The summed E-state index contributed by atoms with van der Waals surface area (Å²) in [5.74, 6) is 2.20. The topological polar surface area (TPSA) is 42.6 Å². The highest BCUT2D eigenvalue weighted by atomic mass is 16.5. The molecule has 1 N–H and O–H groups in total. The molecule has 102 valence electrons. The quantitative estimate of drug-likeness (QED) is 0.782. The lowest BCUT2D eigenvalue weighted by Crippen LogP contribution is -1.94. The number of benzene rings is 2. The highest BCUT2D eigenvalue weighted by molar-refractivity contribution is 5.87. The zero-order chi connectivity index (χ0) is 13.9. The minimum Gasteiger partial charge on any atom is -0.489 e. The SMILES string of the molecule is Cc1oc(CO)c2ccc(OCc3ccccc3)cc12. The van der Waals surface area contributed by atoms with E-state index in [1.165, 1.54) is 0 Å². The Morgan fingerprint density at radius 1 is 1.05 bits per heavy atom. The Labute approximate surface area is 117 Å². The molecule has 0 amide bonds. The van der Waals surface area contributed by atoms with Crippen LogP contribution in [0.25, 0.3) is 10.8 Å². The largest absolute Gasteiger partial charge is 0.489 e. The average molecular weight is 268 g/mol. The van der Waals surface area contributed by atoms with Crippen molar-refractivity contribution in [1.29, 1.82) is 0 Å². The lowest BCUT2D eigenvalue weighted by Gasteiger charge is -2.06. The van der Waals surface area contributed by atoms with Crippen molar-refractivity contribution in [2.75, 3.05) is 0 Å². The van der Waals surface area contributed by atoms with Crippen molar-refractivity contribution in [2.24, 2.45) is 0 Å². The zero-order valence-corrected chi connectivity index (χ0v) is 11.3. The molecule has 0 saturated heterocycles. The summed E-state index contributed by atoms with van der Waals surface area (Å²) in [6.07, 6.45) is 0. The van der Waals surface area contributed by atoms with E-state index in [-0.39, 0.29) is 6.61 Å². The summed E-state index contributed by atoms with van der Waals surface area (Å²) in [6.45, 7) is 2.34. The minimum absolute atomic E-state index is 0.0887. The number of fused-ring (bicyclic) bond motifs is 1. The molecule has 1 heterocycles. The van der Waals surface area contributed by atoms with Crippen LogP contribution in [0.1, 0.15) is 17.1 Å². The Morgan fingerprint density at radius 3 is 2.60 bits per heavy atom. The number of hydrogen-bond acceptors (Lipinski definition) is 3. The second-order valence-corrected chi connectivity index (χ2v) is 4.72. The molecule has 0 aliphatic heterocycles. The van der Waals surface area contributed by atoms with Crippen LogP contribution in [0.3, 0.4) is 0 Å². The third kappa shape index (κ3) is 2.40. The van der Waals surface area contributed by atoms with Crippen molar-refractivity contribution in [3.63, 3.8) is 0 Å². The predicted molar refractivity (Wildman–Crippen MR) is 77.6 cm³/mol. The number of aliphatic hydroxyl groups is 1. The first kappa shape index (κ1) is 12.8. The first-order chi connectivity index (χ1) is 9.78. The predicted octanol–water partition coefficient (Wildman–Crippen LogP) is 3.81. The second kappa shape index (κ2) is 5.39. The maximum atomic E-state index is 9.25. The van der Waals surface area contributed by atoms with Gasteiger partial charge in [-0.2, -0.15) is 0 Å². The summed E-state index contributed by atoms with van der Waals surface area (Å²) in [5.41, 5.74) is 1.13. The van der Waals surface area contributed by atoms with E-state index in [4.69, 9.17) is 9.15 Å². The van der Waals surface area contributed by atoms with Crippen LogP contribution in [-0.2, 0) is 13.2 Å². The van der Waals surface area contributed by atoms with Gasteiger partial charge in [-0.1, -0.05) is 30.3 Å². The van der Waals surface area contributed by atoms with Crippen LogP contribution in [0.2, 0.25) is 0 Å². The third-order valence-corrected chi connectivity index (χ3v) is 3.34. The van der Waals surface area contributed by atoms with Gasteiger partial charge in [-0.15, -0.1) is 0 Å². The fraction of sp³-hybridized carbons (Fsp3) is 0.176. The fourth-order valence-electron chi connectivity index (χ4n) is 2.30. The van der Waals surface area contributed by atoms with Crippen LogP contribution >= 0.6 is 0 Å². The Morgan fingerprint density at radius 2 is 1.85 bits per heavy atom. The van der Waals surface area contributed by atoms with E-state index in [1.807, 2.05) is 55.5 Å². The van der Waals surface area contributed by atoms with Crippen LogP contribution in [-0.4, -0.2) is 5.11 Å². The molecule has 0 fully saturated rings. The van der Waals surface area contributed by atoms with Gasteiger partial charge in [-0.05, 0) is 30.7 Å². The molecule has 1 aromatic heterocycles. The third-order valence-electron chi connectivity index (χ3n) is 3.34. The molecule has 0 saturated carbocycles. The van der Waals surface area contributed by atoms with E-state index in [2.05, 4.69) is 0 Å². The number of rotatable bonds is 4. The Bertz CT molecular complexity index is 714. The summed E-state index contributed by atoms with van der Waals surface area (Å²) in [5, 5.41) is 11.2. The molecule has 20 heavy (non-hydrogen) atoms. The summed E-state index contributed by atoms with van der Waals surface area (Å²) >= 11 is 0. The van der Waals surface area contributed by atoms with Crippen molar-refractivity contribution in [3.8, 4) is 5.75 Å². The summed E-state index contributed by atoms with van der Waals surface area (Å²) < 4.78 is 11.3. The first-order valence-corrected chi connectivity index (χ1v) is 6.57. The molecule has 3 rings (SSSR count). The molecule has 0 spiro atoms. The van der Waals surface area contributed by atoms with Gasteiger partial charge < -0.3 is 14.3 Å². The fourth-order valence-corrected chi connectivity index (χ4v) is 2.30. The maximum Gasteiger partial charge on any atom is 0.137 e. The van der Waals surface area contributed by atoms with Crippen LogP contribution in [0.4, 0.5) is 0 Å². The van der Waals surface area contributed by atoms with Gasteiger partial charge in [0.1, 0.15) is 30.5 Å². The number of hydrogen-bond donors (Lipinski definition) is 1. The van der Waals surface area contributed by atoms with Gasteiger partial charge in [0.2, 0.25) is 0 Å². The molecular weight excluding hydrogens is 252 g/mol. The molecule has 0 bridgehead atoms. The highest BCUT2D eigenvalue weighted by Crippen LogP contribution is 2.29. The van der Waals surface area contributed by atoms with E-state index >= 15 is 0 Å². The van der Waals surface area contributed by atoms with E-state index in [1.54, 1.807) is 0 Å². The van der Waals surface area contributed by atoms with Gasteiger partial charge in [-0.25, -0.2) is 0 Å². The summed E-state index contributed by atoms with van der Waals surface area (Å²) in [6, 6.07) is 15.8. The molecule has 0 radical (unpaired) electrons. The second-order valence-electron chi connectivity index (χ2n) is 4.72.